The van der Waals surface area contributed by atoms with E-state index in [1.54, 1.807) is 0 Å². The van der Waals surface area contributed by atoms with Crippen molar-refractivity contribution >= 4 is 33.7 Å². The van der Waals surface area contributed by atoms with Crippen molar-refractivity contribution in [2.75, 3.05) is 26.3 Å². The standard InChI is InChI=1S/C18H17ClFN3O4S/c19-16-5-2-6-17(20)15(16)12-21-22-18(24)13-3-1-4-14(11-13)28(25,26)23-7-9-27-10-8-23/h1-6,11-12H,7-10H2,(H,22,24). The number of halogens is 2. The predicted octanol–water partition coefficient (Wildman–Crippen LogP) is 2.26. The van der Waals surface area contributed by atoms with Crippen LogP contribution in [0.1, 0.15) is 15.9 Å². The third kappa shape index (κ3) is 4.56. The quantitative estimate of drug-likeness (QED) is 0.588. The van der Waals surface area contributed by atoms with E-state index in [-0.39, 0.29) is 34.1 Å². The van der Waals surface area contributed by atoms with Crippen LogP contribution >= 0.6 is 11.6 Å². The van der Waals surface area contributed by atoms with Gasteiger partial charge in [-0.05, 0) is 30.3 Å². The number of nitrogens with zero attached hydrogens (tertiary/aromatic N) is 2. The van der Waals surface area contributed by atoms with E-state index in [1.165, 1.54) is 46.8 Å². The van der Waals surface area contributed by atoms with Crippen LogP contribution in [0.15, 0.2) is 52.5 Å². The Morgan fingerprint density at radius 1 is 1.21 bits per heavy atom. The van der Waals surface area contributed by atoms with Crippen LogP contribution in [0.2, 0.25) is 5.02 Å². The summed E-state index contributed by atoms with van der Waals surface area (Å²) in [5, 5.41) is 3.85. The highest BCUT2D eigenvalue weighted by Gasteiger charge is 2.26. The Labute approximate surface area is 166 Å². The lowest BCUT2D eigenvalue weighted by molar-refractivity contribution is 0.0730. The summed E-state index contributed by atoms with van der Waals surface area (Å²) in [6.07, 6.45) is 1.09. The number of carbonyl (C=O) groups is 1. The molecule has 0 unspecified atom stereocenters. The summed E-state index contributed by atoms with van der Waals surface area (Å²) >= 11 is 5.88. The van der Waals surface area contributed by atoms with Crippen molar-refractivity contribution in [2.45, 2.75) is 4.90 Å². The van der Waals surface area contributed by atoms with Crippen LogP contribution in [-0.4, -0.2) is 51.1 Å². The van der Waals surface area contributed by atoms with Crippen LogP contribution in [0.5, 0.6) is 0 Å². The lowest BCUT2D eigenvalue weighted by Gasteiger charge is -2.26. The Morgan fingerprint density at radius 2 is 1.93 bits per heavy atom. The first-order valence-corrected chi connectivity index (χ1v) is 10.2. The number of hydrogen-bond acceptors (Lipinski definition) is 5. The topological polar surface area (TPSA) is 88.1 Å². The maximum Gasteiger partial charge on any atom is 0.271 e. The van der Waals surface area contributed by atoms with Crippen LogP contribution in [0.25, 0.3) is 0 Å². The molecule has 148 valence electrons. The second-order valence-electron chi connectivity index (χ2n) is 5.88. The molecule has 1 amide bonds. The van der Waals surface area contributed by atoms with Gasteiger partial charge in [0.05, 0.1) is 29.3 Å². The van der Waals surface area contributed by atoms with Gasteiger partial charge in [0.2, 0.25) is 10.0 Å². The van der Waals surface area contributed by atoms with Crippen LogP contribution in [0.4, 0.5) is 4.39 Å². The van der Waals surface area contributed by atoms with E-state index in [2.05, 4.69) is 10.5 Å². The first-order valence-electron chi connectivity index (χ1n) is 8.35. The molecule has 2 aromatic carbocycles. The lowest BCUT2D eigenvalue weighted by atomic mass is 10.2. The van der Waals surface area contributed by atoms with E-state index >= 15 is 0 Å². The molecule has 3 rings (SSSR count). The molecule has 0 radical (unpaired) electrons. The monoisotopic (exact) mass is 425 g/mol. The molecule has 0 aromatic heterocycles. The Bertz CT molecular complexity index is 987. The number of hydrazone groups is 1. The van der Waals surface area contributed by atoms with Crippen molar-refractivity contribution in [3.05, 3.63) is 64.4 Å². The molecule has 0 saturated carbocycles. The van der Waals surface area contributed by atoms with Gasteiger partial charge in [0, 0.05) is 24.2 Å². The maximum atomic E-state index is 13.7. The number of sulfonamides is 1. The number of rotatable bonds is 5. The fourth-order valence-corrected chi connectivity index (χ4v) is 4.25. The number of benzene rings is 2. The third-order valence-corrected chi connectivity index (χ3v) is 6.29. The fourth-order valence-electron chi connectivity index (χ4n) is 2.59. The fraction of sp³-hybridized carbons (Fsp3) is 0.222. The van der Waals surface area contributed by atoms with E-state index in [0.717, 1.165) is 6.21 Å². The van der Waals surface area contributed by atoms with Gasteiger partial charge in [0.15, 0.2) is 0 Å². The van der Waals surface area contributed by atoms with E-state index in [0.29, 0.717) is 13.2 Å². The Morgan fingerprint density at radius 3 is 2.64 bits per heavy atom. The van der Waals surface area contributed by atoms with Gasteiger partial charge in [-0.2, -0.15) is 9.41 Å². The van der Waals surface area contributed by atoms with Crippen LogP contribution in [-0.2, 0) is 14.8 Å². The van der Waals surface area contributed by atoms with Crippen molar-refractivity contribution in [3.8, 4) is 0 Å². The van der Waals surface area contributed by atoms with Crippen molar-refractivity contribution in [1.82, 2.24) is 9.73 Å². The maximum absolute atomic E-state index is 13.7. The minimum absolute atomic E-state index is 0.00294. The molecule has 0 bridgehead atoms. The minimum Gasteiger partial charge on any atom is -0.379 e. The van der Waals surface area contributed by atoms with Gasteiger partial charge in [0.25, 0.3) is 5.91 Å². The highest BCUT2D eigenvalue weighted by molar-refractivity contribution is 7.89. The summed E-state index contributed by atoms with van der Waals surface area (Å²) in [5.41, 5.74) is 2.38. The highest BCUT2D eigenvalue weighted by atomic mass is 35.5. The molecule has 1 aliphatic rings. The van der Waals surface area contributed by atoms with Crippen molar-refractivity contribution < 1.29 is 22.3 Å². The van der Waals surface area contributed by atoms with E-state index in [4.69, 9.17) is 16.3 Å². The molecular weight excluding hydrogens is 409 g/mol. The van der Waals surface area contributed by atoms with Gasteiger partial charge < -0.3 is 4.74 Å². The molecule has 0 atom stereocenters. The average Bonchev–Trinajstić information content (AvgIpc) is 2.71. The van der Waals surface area contributed by atoms with E-state index < -0.39 is 21.7 Å². The molecule has 0 spiro atoms. The summed E-state index contributed by atoms with van der Waals surface area (Å²) in [7, 11) is -3.72. The number of carbonyl (C=O) groups excluding carboxylic acids is 1. The number of amides is 1. The number of ether oxygens (including phenoxy) is 1. The molecule has 0 aliphatic carbocycles. The highest BCUT2D eigenvalue weighted by Crippen LogP contribution is 2.19. The second kappa shape index (κ2) is 8.78. The third-order valence-electron chi connectivity index (χ3n) is 4.06. The Hall–Kier alpha value is -2.33. The SMILES string of the molecule is O=C(NN=Cc1c(F)cccc1Cl)c1cccc(S(=O)(=O)N2CCOCC2)c1. The molecule has 1 fully saturated rings. The van der Waals surface area contributed by atoms with Crippen LogP contribution in [0.3, 0.4) is 0 Å². The predicted molar refractivity (Wildman–Crippen MR) is 102 cm³/mol. The number of nitrogens with one attached hydrogen (secondary N) is 1. The molecule has 10 heteroatoms. The summed E-state index contributed by atoms with van der Waals surface area (Å²) in [6.45, 7) is 1.17. The van der Waals surface area contributed by atoms with E-state index in [1.807, 2.05) is 0 Å². The average molecular weight is 426 g/mol. The smallest absolute Gasteiger partial charge is 0.271 e. The summed E-state index contributed by atoms with van der Waals surface area (Å²) in [4.78, 5) is 12.3. The van der Waals surface area contributed by atoms with Gasteiger partial charge in [-0.3, -0.25) is 4.79 Å². The number of hydrogen-bond donors (Lipinski definition) is 1. The van der Waals surface area contributed by atoms with Gasteiger partial charge >= 0.3 is 0 Å². The summed E-state index contributed by atoms with van der Waals surface area (Å²) in [5.74, 6) is -1.22. The van der Waals surface area contributed by atoms with Gasteiger partial charge in [-0.15, -0.1) is 0 Å². The van der Waals surface area contributed by atoms with Crippen molar-refractivity contribution in [2.24, 2.45) is 5.10 Å². The number of morpholine rings is 1. The molecule has 7 nitrogen and oxygen atoms in total. The normalized spacial score (nSPS) is 15.6. The lowest BCUT2D eigenvalue weighted by Crippen LogP contribution is -2.40. The molecule has 28 heavy (non-hydrogen) atoms. The van der Waals surface area contributed by atoms with Crippen molar-refractivity contribution in [1.29, 1.82) is 0 Å². The summed E-state index contributed by atoms with van der Waals surface area (Å²) < 4.78 is 45.5. The van der Waals surface area contributed by atoms with Gasteiger partial charge in [-0.1, -0.05) is 23.7 Å². The van der Waals surface area contributed by atoms with Crippen LogP contribution < -0.4 is 5.43 Å². The molecule has 1 saturated heterocycles. The molecule has 1 heterocycles. The summed E-state index contributed by atoms with van der Waals surface area (Å²) in [6, 6.07) is 9.78. The second-order valence-corrected chi connectivity index (χ2v) is 8.22. The zero-order valence-electron chi connectivity index (χ0n) is 14.6. The van der Waals surface area contributed by atoms with Gasteiger partial charge in [-0.25, -0.2) is 18.2 Å². The zero-order valence-corrected chi connectivity index (χ0v) is 16.2. The van der Waals surface area contributed by atoms with Gasteiger partial charge in [0.1, 0.15) is 5.82 Å². The van der Waals surface area contributed by atoms with E-state index in [9.17, 15) is 17.6 Å². The minimum atomic E-state index is -3.72. The first-order chi connectivity index (χ1) is 13.4. The molecule has 1 aliphatic heterocycles. The van der Waals surface area contributed by atoms with Crippen LogP contribution in [0, 0.1) is 5.82 Å². The molecular formula is C18H17ClFN3O4S. The molecule has 2 aromatic rings. The Balaban J connectivity index is 1.74. The van der Waals surface area contributed by atoms with Crippen molar-refractivity contribution in [3.63, 3.8) is 0 Å². The first kappa shape index (κ1) is 20.4. The largest absolute Gasteiger partial charge is 0.379 e. The zero-order chi connectivity index (χ0) is 20.1. The Kier molecular flexibility index (Phi) is 6.40. The molecule has 1 N–H and O–H groups in total.